The van der Waals surface area contributed by atoms with E-state index < -0.39 is 5.91 Å². The van der Waals surface area contributed by atoms with Crippen LogP contribution >= 0.6 is 0 Å². The van der Waals surface area contributed by atoms with Crippen molar-refractivity contribution in [2.75, 3.05) is 19.6 Å². The number of rotatable bonds is 3. The largest absolute Gasteiger partial charge is 0.489 e. The fourth-order valence-electron chi connectivity index (χ4n) is 4.88. The maximum atomic E-state index is 11.8. The van der Waals surface area contributed by atoms with Gasteiger partial charge in [-0.05, 0) is 61.2 Å². The van der Waals surface area contributed by atoms with E-state index in [-0.39, 0.29) is 6.04 Å². The van der Waals surface area contributed by atoms with E-state index in [4.69, 9.17) is 10.5 Å². The molecule has 6 rings (SSSR count). The van der Waals surface area contributed by atoms with Gasteiger partial charge >= 0.3 is 0 Å². The molecule has 0 radical (unpaired) electrons. The second-order valence-corrected chi connectivity index (χ2v) is 7.95. The molecule has 4 heterocycles. The number of hydrogen-bond donors (Lipinski definition) is 2. The molecule has 0 aromatic heterocycles. The third-order valence-electron chi connectivity index (χ3n) is 6.39. The topological polar surface area (TPSA) is 67.6 Å². The average Bonchev–Trinajstić information content (AvgIpc) is 2.86. The number of benzene rings is 2. The van der Waals surface area contributed by atoms with E-state index in [9.17, 15) is 4.79 Å². The van der Waals surface area contributed by atoms with Crippen LogP contribution in [-0.2, 0) is 6.61 Å². The van der Waals surface area contributed by atoms with Gasteiger partial charge in [-0.25, -0.2) is 0 Å². The Kier molecular flexibility index (Phi) is 4.14. The average molecular weight is 363 g/mol. The first-order valence-electron chi connectivity index (χ1n) is 9.82. The third kappa shape index (κ3) is 3.01. The van der Waals surface area contributed by atoms with Gasteiger partial charge in [-0.1, -0.05) is 24.3 Å². The van der Waals surface area contributed by atoms with Gasteiger partial charge in [-0.2, -0.15) is 0 Å². The summed E-state index contributed by atoms with van der Waals surface area (Å²) >= 11 is 0. The number of fused-ring (bicyclic) bond motifs is 5. The fourth-order valence-corrected chi connectivity index (χ4v) is 4.88. The highest BCUT2D eigenvalue weighted by molar-refractivity contribution is 5.93. The lowest BCUT2D eigenvalue weighted by Crippen LogP contribution is -2.56. The summed E-state index contributed by atoms with van der Waals surface area (Å²) in [6.07, 6.45) is 2.52. The summed E-state index contributed by atoms with van der Waals surface area (Å²) in [7, 11) is 0. The molecule has 2 aromatic rings. The Bertz CT molecular complexity index is 874. The summed E-state index contributed by atoms with van der Waals surface area (Å²) in [5.74, 6) is 1.14. The molecule has 2 bridgehead atoms. The van der Waals surface area contributed by atoms with Crippen LogP contribution in [0.2, 0.25) is 0 Å². The summed E-state index contributed by atoms with van der Waals surface area (Å²) in [6.45, 7) is 4.07. The van der Waals surface area contributed by atoms with Crippen LogP contribution in [-0.4, -0.2) is 36.5 Å². The van der Waals surface area contributed by atoms with Gasteiger partial charge in [0.2, 0.25) is 5.91 Å². The van der Waals surface area contributed by atoms with E-state index in [0.717, 1.165) is 17.9 Å². The lowest BCUT2D eigenvalue weighted by Gasteiger charge is -2.46. The van der Waals surface area contributed by atoms with Crippen molar-refractivity contribution in [1.82, 2.24) is 10.2 Å². The van der Waals surface area contributed by atoms with E-state index in [1.165, 1.54) is 37.1 Å². The Morgan fingerprint density at radius 3 is 2.67 bits per heavy atom. The SMILES string of the molecule is NC(=O)c1ccc2c(c1)C(NC1CN3CCC1CC3)c1ccccc1CO2. The number of nitrogens with zero attached hydrogens (tertiary/aromatic N) is 1. The molecule has 3 fully saturated rings. The maximum absolute atomic E-state index is 11.8. The zero-order valence-electron chi connectivity index (χ0n) is 15.4. The number of piperidine rings is 3. The molecule has 0 saturated carbocycles. The van der Waals surface area contributed by atoms with Crippen molar-refractivity contribution < 1.29 is 9.53 Å². The molecule has 2 atom stereocenters. The Labute approximate surface area is 159 Å². The quantitative estimate of drug-likeness (QED) is 0.879. The van der Waals surface area contributed by atoms with Crippen molar-refractivity contribution in [2.24, 2.45) is 11.7 Å². The van der Waals surface area contributed by atoms with Crippen molar-refractivity contribution in [1.29, 1.82) is 0 Å². The number of amides is 1. The Hall–Kier alpha value is -2.37. The van der Waals surface area contributed by atoms with Gasteiger partial charge in [-0.3, -0.25) is 4.79 Å². The molecule has 3 N–H and O–H groups in total. The number of nitrogens with two attached hydrogens (primary N) is 1. The highest BCUT2D eigenvalue weighted by Gasteiger charge is 2.37. The predicted molar refractivity (Wildman–Crippen MR) is 104 cm³/mol. The monoisotopic (exact) mass is 363 g/mol. The summed E-state index contributed by atoms with van der Waals surface area (Å²) in [5, 5.41) is 3.93. The molecule has 3 saturated heterocycles. The summed E-state index contributed by atoms with van der Waals surface area (Å²) in [4.78, 5) is 14.3. The maximum Gasteiger partial charge on any atom is 0.248 e. The van der Waals surface area contributed by atoms with Crippen LogP contribution in [0, 0.1) is 5.92 Å². The summed E-state index contributed by atoms with van der Waals surface area (Å²) < 4.78 is 6.09. The molecule has 2 aromatic carbocycles. The van der Waals surface area contributed by atoms with Crippen molar-refractivity contribution >= 4 is 5.91 Å². The Balaban J connectivity index is 1.57. The number of ether oxygens (including phenoxy) is 1. The fraction of sp³-hybridized carbons (Fsp3) is 0.409. The van der Waals surface area contributed by atoms with Gasteiger partial charge in [0.15, 0.2) is 0 Å². The van der Waals surface area contributed by atoms with Crippen LogP contribution in [0.4, 0.5) is 0 Å². The zero-order valence-corrected chi connectivity index (χ0v) is 15.4. The molecule has 2 unspecified atom stereocenters. The lowest BCUT2D eigenvalue weighted by atomic mass is 9.82. The van der Waals surface area contributed by atoms with Crippen LogP contribution in [0.1, 0.15) is 45.9 Å². The molecular formula is C22H25N3O2. The van der Waals surface area contributed by atoms with Gasteiger partial charge in [0.25, 0.3) is 0 Å². The molecular weight excluding hydrogens is 338 g/mol. The number of hydrogen-bond acceptors (Lipinski definition) is 4. The highest BCUT2D eigenvalue weighted by atomic mass is 16.5. The van der Waals surface area contributed by atoms with E-state index in [1.54, 1.807) is 6.07 Å². The van der Waals surface area contributed by atoms with Crippen molar-refractivity contribution in [3.05, 3.63) is 64.7 Å². The molecule has 5 nitrogen and oxygen atoms in total. The first kappa shape index (κ1) is 16.8. The van der Waals surface area contributed by atoms with Crippen molar-refractivity contribution in [3.8, 4) is 5.75 Å². The van der Waals surface area contributed by atoms with Crippen molar-refractivity contribution in [3.63, 3.8) is 0 Å². The van der Waals surface area contributed by atoms with Gasteiger partial charge in [0.1, 0.15) is 12.4 Å². The first-order valence-corrected chi connectivity index (χ1v) is 9.82. The van der Waals surface area contributed by atoms with Crippen LogP contribution in [0.5, 0.6) is 5.75 Å². The second kappa shape index (κ2) is 6.66. The van der Waals surface area contributed by atoms with Gasteiger partial charge in [-0.15, -0.1) is 0 Å². The molecule has 140 valence electrons. The number of carbonyl (C=O) groups excluding carboxylic acids is 1. The molecule has 4 aliphatic rings. The van der Waals surface area contributed by atoms with Crippen LogP contribution in [0.3, 0.4) is 0 Å². The molecule has 4 aliphatic heterocycles. The first-order chi connectivity index (χ1) is 13.2. The minimum absolute atomic E-state index is 0.00329. The smallest absolute Gasteiger partial charge is 0.248 e. The van der Waals surface area contributed by atoms with Gasteiger partial charge < -0.3 is 20.7 Å². The number of carbonyl (C=O) groups is 1. The summed E-state index contributed by atoms with van der Waals surface area (Å²) in [5.41, 5.74) is 9.50. The van der Waals surface area contributed by atoms with Crippen molar-refractivity contribution in [2.45, 2.75) is 31.5 Å². The molecule has 0 aliphatic carbocycles. The second-order valence-electron chi connectivity index (χ2n) is 7.95. The van der Waals surface area contributed by atoms with E-state index in [1.807, 2.05) is 12.1 Å². The Morgan fingerprint density at radius 2 is 1.93 bits per heavy atom. The van der Waals surface area contributed by atoms with E-state index in [2.05, 4.69) is 34.5 Å². The molecule has 27 heavy (non-hydrogen) atoms. The molecule has 0 spiro atoms. The van der Waals surface area contributed by atoms with Crippen LogP contribution in [0.15, 0.2) is 42.5 Å². The lowest BCUT2D eigenvalue weighted by molar-refractivity contribution is 0.0691. The zero-order chi connectivity index (χ0) is 18.4. The minimum atomic E-state index is -0.406. The van der Waals surface area contributed by atoms with E-state index in [0.29, 0.717) is 24.1 Å². The van der Waals surface area contributed by atoms with Crippen LogP contribution < -0.4 is 15.8 Å². The molecule has 1 amide bonds. The summed E-state index contributed by atoms with van der Waals surface area (Å²) in [6, 6.07) is 14.4. The number of nitrogens with one attached hydrogen (secondary N) is 1. The van der Waals surface area contributed by atoms with Gasteiger partial charge in [0.05, 0.1) is 6.04 Å². The minimum Gasteiger partial charge on any atom is -0.489 e. The highest BCUT2D eigenvalue weighted by Crippen LogP contribution is 2.38. The molecule has 5 heteroatoms. The standard InChI is InChI=1S/C22H25N3O2/c23-22(26)15-5-6-20-18(11-15)21(17-4-2-1-3-16(17)13-27-20)24-19-12-25-9-7-14(19)8-10-25/h1-6,11,14,19,21,24H,7-10,12-13H2,(H2,23,26). The Morgan fingerprint density at radius 1 is 1.11 bits per heavy atom. The third-order valence-corrected chi connectivity index (χ3v) is 6.39. The van der Waals surface area contributed by atoms with Gasteiger partial charge in [0, 0.05) is 23.7 Å². The number of primary amides is 1. The van der Waals surface area contributed by atoms with Crippen LogP contribution in [0.25, 0.3) is 0 Å². The predicted octanol–water partition coefficient (Wildman–Crippen LogP) is 2.45. The normalized spacial score (nSPS) is 28.6. The van der Waals surface area contributed by atoms with E-state index >= 15 is 0 Å².